The summed E-state index contributed by atoms with van der Waals surface area (Å²) in [6.45, 7) is 13.2. The molecule has 0 saturated carbocycles. The van der Waals surface area contributed by atoms with Crippen molar-refractivity contribution in [1.82, 2.24) is 25.6 Å². The van der Waals surface area contributed by atoms with Gasteiger partial charge in [0, 0.05) is 23.2 Å². The van der Waals surface area contributed by atoms with Gasteiger partial charge in [0.15, 0.2) is 5.65 Å². The van der Waals surface area contributed by atoms with Crippen molar-refractivity contribution < 1.29 is 9.59 Å². The second kappa shape index (κ2) is 11.4. The molecule has 0 unspecified atom stereocenters. The van der Waals surface area contributed by atoms with E-state index in [-0.39, 0.29) is 17.2 Å². The molecule has 3 rings (SSSR count). The summed E-state index contributed by atoms with van der Waals surface area (Å²) in [7, 11) is 0. The summed E-state index contributed by atoms with van der Waals surface area (Å²) in [5, 5.41) is 8.02. The topological polar surface area (TPSA) is 99.8 Å². The Morgan fingerprint density at radius 2 is 1.97 bits per heavy atom. The molecule has 0 spiro atoms. The standard InChI is InChI=1S/C27H35N5O2S/c1-7-8-19(10-9-18(3)25(33)30-12-20-11-17(2)15-35-20)22-14-29-24-23(32-22)21(13-28-24)26(34)31-16-27(4,5)6/h9-11,13-15H,7-8,12,16H2,1-6H3,(H,28,29)(H,30,33)(H,31,34)/b18-9+,19-10+. The second-order valence-corrected chi connectivity index (χ2v) is 11.0. The highest BCUT2D eigenvalue weighted by molar-refractivity contribution is 7.10. The third-order valence-corrected chi connectivity index (χ3v) is 6.41. The molecule has 0 aromatic carbocycles. The third-order valence-electron chi connectivity index (χ3n) is 5.35. The van der Waals surface area contributed by atoms with Crippen molar-refractivity contribution in [3.05, 3.63) is 63.3 Å². The van der Waals surface area contributed by atoms with E-state index in [0.29, 0.717) is 41.1 Å². The van der Waals surface area contributed by atoms with Crippen LogP contribution in [0.1, 0.15) is 74.0 Å². The number of nitrogens with one attached hydrogen (secondary N) is 3. The van der Waals surface area contributed by atoms with Crippen LogP contribution in [0.15, 0.2) is 41.6 Å². The summed E-state index contributed by atoms with van der Waals surface area (Å²) >= 11 is 1.64. The lowest BCUT2D eigenvalue weighted by Gasteiger charge is -2.18. The first-order chi connectivity index (χ1) is 16.6. The number of hydrogen-bond acceptors (Lipinski definition) is 5. The summed E-state index contributed by atoms with van der Waals surface area (Å²) in [6.07, 6.45) is 8.79. The number of hydrogen-bond donors (Lipinski definition) is 3. The van der Waals surface area contributed by atoms with Crippen LogP contribution in [-0.4, -0.2) is 33.3 Å². The van der Waals surface area contributed by atoms with E-state index >= 15 is 0 Å². The minimum Gasteiger partial charge on any atom is -0.351 e. The summed E-state index contributed by atoms with van der Waals surface area (Å²) in [5.41, 5.74) is 5.05. The number of aromatic amines is 1. The zero-order valence-electron chi connectivity index (χ0n) is 21.4. The van der Waals surface area contributed by atoms with Gasteiger partial charge in [-0.05, 0) is 48.3 Å². The fourth-order valence-corrected chi connectivity index (χ4v) is 4.23. The molecule has 7 nitrogen and oxygen atoms in total. The molecular formula is C27H35N5O2S. The Kier molecular flexibility index (Phi) is 8.62. The fourth-order valence-electron chi connectivity index (χ4n) is 3.42. The van der Waals surface area contributed by atoms with Crippen molar-refractivity contribution in [2.24, 2.45) is 5.41 Å². The normalized spacial score (nSPS) is 12.7. The van der Waals surface area contributed by atoms with Crippen LogP contribution in [0.25, 0.3) is 16.7 Å². The predicted octanol–water partition coefficient (Wildman–Crippen LogP) is 5.55. The van der Waals surface area contributed by atoms with Crippen LogP contribution in [-0.2, 0) is 11.3 Å². The number of allylic oxidation sites excluding steroid dienone is 3. The Hall–Kier alpha value is -3.26. The van der Waals surface area contributed by atoms with Gasteiger partial charge in [0.05, 0.1) is 24.0 Å². The van der Waals surface area contributed by atoms with E-state index < -0.39 is 0 Å². The number of H-pyrrole nitrogens is 1. The minimum absolute atomic E-state index is 0.0190. The van der Waals surface area contributed by atoms with E-state index in [9.17, 15) is 9.59 Å². The second-order valence-electron chi connectivity index (χ2n) is 9.96. The summed E-state index contributed by atoms with van der Waals surface area (Å²) in [6, 6.07) is 2.08. The van der Waals surface area contributed by atoms with Crippen molar-refractivity contribution in [2.75, 3.05) is 6.54 Å². The zero-order valence-corrected chi connectivity index (χ0v) is 22.2. The number of nitrogens with zero attached hydrogens (tertiary/aromatic N) is 2. The SMILES string of the molecule is CCC/C(=C\C=C(/C)C(=O)NCc1cc(C)cs1)c1cnc2[nH]cc(C(=O)NCC(C)(C)C)c2n1. The van der Waals surface area contributed by atoms with Crippen LogP contribution in [0.5, 0.6) is 0 Å². The molecule has 3 N–H and O–H groups in total. The highest BCUT2D eigenvalue weighted by atomic mass is 32.1. The van der Waals surface area contributed by atoms with E-state index in [1.54, 1.807) is 30.7 Å². The Morgan fingerprint density at radius 1 is 1.20 bits per heavy atom. The third kappa shape index (κ3) is 7.36. The number of carbonyl (C=O) groups excluding carboxylic acids is 2. The molecule has 3 aromatic heterocycles. The van der Waals surface area contributed by atoms with E-state index in [1.165, 1.54) is 5.56 Å². The molecule has 0 fully saturated rings. The Labute approximate surface area is 211 Å². The van der Waals surface area contributed by atoms with Gasteiger partial charge >= 0.3 is 0 Å². The van der Waals surface area contributed by atoms with Crippen molar-refractivity contribution in [2.45, 2.75) is 60.9 Å². The Balaban J connectivity index is 1.80. The number of carbonyl (C=O) groups is 2. The van der Waals surface area contributed by atoms with Crippen LogP contribution in [0.4, 0.5) is 0 Å². The molecule has 0 saturated heterocycles. The molecule has 0 bridgehead atoms. The van der Waals surface area contributed by atoms with Gasteiger partial charge in [0.2, 0.25) is 5.91 Å². The van der Waals surface area contributed by atoms with Crippen LogP contribution >= 0.6 is 11.3 Å². The maximum atomic E-state index is 12.8. The smallest absolute Gasteiger partial charge is 0.255 e. The Morgan fingerprint density at radius 3 is 2.63 bits per heavy atom. The predicted molar refractivity (Wildman–Crippen MR) is 143 cm³/mol. The molecule has 0 aliphatic rings. The molecule has 35 heavy (non-hydrogen) atoms. The number of amides is 2. The monoisotopic (exact) mass is 493 g/mol. The first-order valence-electron chi connectivity index (χ1n) is 11.9. The van der Waals surface area contributed by atoms with Crippen molar-refractivity contribution in [1.29, 1.82) is 0 Å². The van der Waals surface area contributed by atoms with Crippen LogP contribution in [0.2, 0.25) is 0 Å². The van der Waals surface area contributed by atoms with E-state index in [1.807, 2.05) is 19.1 Å². The van der Waals surface area contributed by atoms with Gasteiger partial charge in [-0.3, -0.25) is 9.59 Å². The lowest BCUT2D eigenvalue weighted by atomic mass is 9.97. The summed E-state index contributed by atoms with van der Waals surface area (Å²) < 4.78 is 0. The molecule has 0 atom stereocenters. The molecule has 0 aliphatic carbocycles. The van der Waals surface area contributed by atoms with Crippen molar-refractivity contribution >= 4 is 39.9 Å². The molecule has 2 amide bonds. The van der Waals surface area contributed by atoms with Crippen LogP contribution in [0.3, 0.4) is 0 Å². The number of rotatable bonds is 9. The first kappa shape index (κ1) is 26.3. The highest BCUT2D eigenvalue weighted by Gasteiger charge is 2.18. The van der Waals surface area contributed by atoms with Gasteiger partial charge in [-0.2, -0.15) is 0 Å². The lowest BCUT2D eigenvalue weighted by Crippen LogP contribution is -2.32. The molecule has 8 heteroatoms. The number of aryl methyl sites for hydroxylation is 1. The van der Waals surface area contributed by atoms with Gasteiger partial charge in [0.25, 0.3) is 5.91 Å². The maximum absolute atomic E-state index is 12.8. The number of thiophene rings is 1. The van der Waals surface area contributed by atoms with Gasteiger partial charge < -0.3 is 15.6 Å². The van der Waals surface area contributed by atoms with E-state index in [4.69, 9.17) is 4.98 Å². The zero-order chi connectivity index (χ0) is 25.6. The summed E-state index contributed by atoms with van der Waals surface area (Å²) in [5.74, 6) is -0.278. The van der Waals surface area contributed by atoms with Crippen LogP contribution < -0.4 is 10.6 Å². The molecule has 3 aromatic rings. The lowest BCUT2D eigenvalue weighted by molar-refractivity contribution is -0.117. The summed E-state index contributed by atoms with van der Waals surface area (Å²) in [4.78, 5) is 38.7. The van der Waals surface area contributed by atoms with Crippen molar-refractivity contribution in [3.63, 3.8) is 0 Å². The minimum atomic E-state index is -0.174. The first-order valence-corrected chi connectivity index (χ1v) is 12.8. The largest absolute Gasteiger partial charge is 0.351 e. The Bertz CT molecular complexity index is 1260. The van der Waals surface area contributed by atoms with E-state index in [0.717, 1.165) is 23.3 Å². The van der Waals surface area contributed by atoms with Gasteiger partial charge in [-0.25, -0.2) is 9.97 Å². The molecule has 186 valence electrons. The molecule has 3 heterocycles. The fraction of sp³-hybridized carbons (Fsp3) is 0.407. The molecule has 0 aliphatic heterocycles. The van der Waals surface area contributed by atoms with Gasteiger partial charge in [-0.15, -0.1) is 11.3 Å². The maximum Gasteiger partial charge on any atom is 0.255 e. The van der Waals surface area contributed by atoms with Crippen LogP contribution in [0, 0.1) is 12.3 Å². The quantitative estimate of drug-likeness (QED) is 0.269. The van der Waals surface area contributed by atoms with Gasteiger partial charge in [-0.1, -0.05) is 46.3 Å². The number of fused-ring (bicyclic) bond motifs is 1. The average molecular weight is 494 g/mol. The average Bonchev–Trinajstić information content (AvgIpc) is 3.43. The number of aromatic nitrogens is 3. The van der Waals surface area contributed by atoms with E-state index in [2.05, 4.69) is 59.7 Å². The highest BCUT2D eigenvalue weighted by Crippen LogP contribution is 2.22. The van der Waals surface area contributed by atoms with Crippen molar-refractivity contribution in [3.8, 4) is 0 Å². The molecule has 0 radical (unpaired) electrons. The van der Waals surface area contributed by atoms with Gasteiger partial charge in [0.1, 0.15) is 5.52 Å². The molecular weight excluding hydrogens is 458 g/mol.